The van der Waals surface area contributed by atoms with Crippen LogP contribution in [0.5, 0.6) is 0 Å². The van der Waals surface area contributed by atoms with Gasteiger partial charge in [-0.15, -0.1) is 11.8 Å². The Morgan fingerprint density at radius 3 is 1.95 bits per heavy atom. The number of benzene rings is 4. The molecule has 41 heavy (non-hydrogen) atoms. The molecular formula is C35H35NO4S. The van der Waals surface area contributed by atoms with Gasteiger partial charge in [-0.1, -0.05) is 103 Å². The van der Waals surface area contributed by atoms with E-state index in [0.717, 1.165) is 29.7 Å². The molecule has 0 amide bonds. The van der Waals surface area contributed by atoms with E-state index < -0.39 is 0 Å². The van der Waals surface area contributed by atoms with E-state index in [1.165, 1.54) is 16.1 Å². The van der Waals surface area contributed by atoms with E-state index in [4.69, 9.17) is 18.9 Å². The van der Waals surface area contributed by atoms with E-state index in [1.54, 1.807) is 0 Å². The van der Waals surface area contributed by atoms with Gasteiger partial charge >= 0.3 is 0 Å². The molecule has 210 valence electrons. The maximum Gasteiger partial charge on any atom is 0.145 e. The molecule has 0 saturated carbocycles. The highest BCUT2D eigenvalue weighted by molar-refractivity contribution is 8.00. The fourth-order valence-corrected chi connectivity index (χ4v) is 7.65. The predicted octanol–water partition coefficient (Wildman–Crippen LogP) is 6.64. The van der Waals surface area contributed by atoms with Crippen molar-refractivity contribution in [2.75, 3.05) is 18.1 Å². The van der Waals surface area contributed by atoms with Gasteiger partial charge in [0.2, 0.25) is 0 Å². The first-order chi connectivity index (χ1) is 20.3. The second-order valence-corrected chi connectivity index (χ2v) is 12.1. The minimum absolute atomic E-state index is 0.0608. The third kappa shape index (κ3) is 5.81. The third-order valence-electron chi connectivity index (χ3n) is 8.14. The summed E-state index contributed by atoms with van der Waals surface area (Å²) in [5.41, 5.74) is 6.16. The zero-order valence-corrected chi connectivity index (χ0v) is 23.8. The molecule has 0 aromatic heterocycles. The quantitative estimate of drug-likeness (QED) is 0.215. The maximum absolute atomic E-state index is 6.98. The Bertz CT molecular complexity index is 1420. The van der Waals surface area contributed by atoms with E-state index in [2.05, 4.69) is 83.8 Å². The Balaban J connectivity index is 1.19. The van der Waals surface area contributed by atoms with Gasteiger partial charge in [0.25, 0.3) is 0 Å². The fraction of sp³-hybridized carbons (Fsp3) is 0.314. The van der Waals surface area contributed by atoms with Crippen molar-refractivity contribution < 1.29 is 18.9 Å². The molecule has 3 aliphatic rings. The molecule has 0 unspecified atom stereocenters. The first kappa shape index (κ1) is 26.7. The smallest absolute Gasteiger partial charge is 0.145 e. The second kappa shape index (κ2) is 12.4. The molecule has 3 aliphatic heterocycles. The summed E-state index contributed by atoms with van der Waals surface area (Å²) < 4.78 is 26.9. The van der Waals surface area contributed by atoms with Crippen LogP contribution in [-0.2, 0) is 45.2 Å². The van der Waals surface area contributed by atoms with Gasteiger partial charge < -0.3 is 23.8 Å². The minimum Gasteiger partial charge on any atom is -0.374 e. The highest BCUT2D eigenvalue weighted by atomic mass is 32.2. The van der Waals surface area contributed by atoms with E-state index in [-0.39, 0.29) is 29.8 Å². The number of hydrogen-bond acceptors (Lipinski definition) is 6. The van der Waals surface area contributed by atoms with E-state index >= 15 is 0 Å². The summed E-state index contributed by atoms with van der Waals surface area (Å²) in [6, 6.07) is 37.7. The molecule has 7 rings (SSSR count). The molecule has 4 aromatic rings. The van der Waals surface area contributed by atoms with Gasteiger partial charge in [-0.25, -0.2) is 0 Å². The largest absolute Gasteiger partial charge is 0.374 e. The van der Waals surface area contributed by atoms with Crippen molar-refractivity contribution in [3.8, 4) is 0 Å². The molecule has 0 N–H and O–H groups in total. The number of para-hydroxylation sites is 1. The summed E-state index contributed by atoms with van der Waals surface area (Å²) in [5.74, 6) is 0. The summed E-state index contributed by atoms with van der Waals surface area (Å²) in [6.45, 7) is 2.91. The maximum atomic E-state index is 6.98. The lowest BCUT2D eigenvalue weighted by atomic mass is 9.98. The zero-order valence-electron chi connectivity index (χ0n) is 23.0. The SMILES string of the molecule is c1ccc(COC[C@H]2O[C@H]3[C@H](Sc4cccc5c4N3CC5)[C@@H](OCc3ccccc3)[C@@H]2OCc2ccccc2)cc1. The average Bonchev–Trinajstić information content (AvgIpc) is 3.47. The second-order valence-electron chi connectivity index (χ2n) is 10.9. The third-order valence-corrected chi connectivity index (χ3v) is 9.49. The van der Waals surface area contributed by atoms with Crippen LogP contribution in [0.1, 0.15) is 22.3 Å². The van der Waals surface area contributed by atoms with Crippen LogP contribution in [0.25, 0.3) is 0 Å². The molecule has 1 saturated heterocycles. The summed E-state index contributed by atoms with van der Waals surface area (Å²) in [4.78, 5) is 3.77. The van der Waals surface area contributed by atoms with Crippen molar-refractivity contribution in [3.63, 3.8) is 0 Å². The first-order valence-corrected chi connectivity index (χ1v) is 15.3. The monoisotopic (exact) mass is 565 g/mol. The van der Waals surface area contributed by atoms with Crippen molar-refractivity contribution in [2.45, 2.75) is 60.9 Å². The molecule has 0 spiro atoms. The number of hydrogen-bond donors (Lipinski definition) is 0. The number of fused-ring (bicyclic) bond motifs is 2. The highest BCUT2D eigenvalue weighted by Crippen LogP contribution is 2.51. The van der Waals surface area contributed by atoms with Crippen LogP contribution in [0.2, 0.25) is 0 Å². The van der Waals surface area contributed by atoms with Gasteiger partial charge in [0, 0.05) is 11.4 Å². The van der Waals surface area contributed by atoms with Gasteiger partial charge in [-0.05, 0) is 34.7 Å². The fourth-order valence-electron chi connectivity index (χ4n) is 6.14. The van der Waals surface area contributed by atoms with Crippen LogP contribution in [-0.4, -0.2) is 42.9 Å². The van der Waals surface area contributed by atoms with Gasteiger partial charge in [-0.2, -0.15) is 0 Å². The zero-order chi connectivity index (χ0) is 27.4. The van der Waals surface area contributed by atoms with Crippen molar-refractivity contribution in [1.82, 2.24) is 0 Å². The molecule has 6 heteroatoms. The van der Waals surface area contributed by atoms with Crippen molar-refractivity contribution in [1.29, 1.82) is 0 Å². The number of thioether (sulfide) groups is 1. The van der Waals surface area contributed by atoms with Crippen LogP contribution >= 0.6 is 11.8 Å². The van der Waals surface area contributed by atoms with Crippen LogP contribution < -0.4 is 4.90 Å². The lowest BCUT2D eigenvalue weighted by Crippen LogP contribution is -2.64. The summed E-state index contributed by atoms with van der Waals surface area (Å²) in [5, 5.41) is 0.0608. The molecular weight excluding hydrogens is 530 g/mol. The Labute approximate surface area is 246 Å². The van der Waals surface area contributed by atoms with Crippen molar-refractivity contribution in [3.05, 3.63) is 131 Å². The molecule has 5 nitrogen and oxygen atoms in total. The standard InChI is InChI=1S/C35H35NO4S/c1-4-11-25(12-5-1)21-37-24-29-32(38-22-26-13-6-2-7-14-26)33(39-23-27-15-8-3-9-16-27)34-35(40-29)36-20-19-28-17-10-18-30(41-34)31(28)36/h1-18,29,32-35H,19-24H2/t29-,32-,33+,34-,35+/m1/s1. The molecule has 5 atom stereocenters. The summed E-state index contributed by atoms with van der Waals surface area (Å²) in [7, 11) is 0. The van der Waals surface area contributed by atoms with Crippen LogP contribution in [0.3, 0.4) is 0 Å². The van der Waals surface area contributed by atoms with E-state index in [9.17, 15) is 0 Å². The normalized spacial score (nSPS) is 24.6. The molecule has 0 bridgehead atoms. The molecule has 1 fully saturated rings. The topological polar surface area (TPSA) is 40.2 Å². The van der Waals surface area contributed by atoms with Crippen LogP contribution in [0, 0.1) is 0 Å². The lowest BCUT2D eigenvalue weighted by molar-refractivity contribution is -0.216. The van der Waals surface area contributed by atoms with Crippen molar-refractivity contribution >= 4 is 17.4 Å². The Morgan fingerprint density at radius 1 is 0.683 bits per heavy atom. The summed E-state index contributed by atoms with van der Waals surface area (Å²) in [6.07, 6.45) is 0.161. The summed E-state index contributed by atoms with van der Waals surface area (Å²) >= 11 is 1.88. The Kier molecular flexibility index (Phi) is 8.09. The first-order valence-electron chi connectivity index (χ1n) is 14.5. The minimum atomic E-state index is -0.296. The Morgan fingerprint density at radius 2 is 1.29 bits per heavy atom. The molecule has 0 radical (unpaired) electrons. The van der Waals surface area contributed by atoms with Gasteiger partial charge in [0.05, 0.1) is 37.4 Å². The predicted molar refractivity (Wildman–Crippen MR) is 162 cm³/mol. The van der Waals surface area contributed by atoms with Crippen LogP contribution in [0.4, 0.5) is 5.69 Å². The highest BCUT2D eigenvalue weighted by Gasteiger charge is 2.53. The van der Waals surface area contributed by atoms with Crippen molar-refractivity contribution in [2.24, 2.45) is 0 Å². The number of rotatable bonds is 10. The van der Waals surface area contributed by atoms with E-state index in [0.29, 0.717) is 26.4 Å². The average molecular weight is 566 g/mol. The van der Waals surface area contributed by atoms with Gasteiger partial charge in [0.1, 0.15) is 24.5 Å². The lowest BCUT2D eigenvalue weighted by Gasteiger charge is -2.51. The Hall–Kier alpha value is -3.13. The van der Waals surface area contributed by atoms with Gasteiger partial charge in [-0.3, -0.25) is 0 Å². The van der Waals surface area contributed by atoms with E-state index in [1.807, 2.05) is 42.1 Å². The van der Waals surface area contributed by atoms with Gasteiger partial charge in [0.15, 0.2) is 0 Å². The molecule has 4 aromatic carbocycles. The number of anilines is 1. The molecule has 3 heterocycles. The number of nitrogens with zero attached hydrogens (tertiary/aromatic N) is 1. The number of ether oxygens (including phenoxy) is 4. The molecule has 0 aliphatic carbocycles. The van der Waals surface area contributed by atoms with Crippen LogP contribution in [0.15, 0.2) is 114 Å².